The number of hydrogen-bond acceptors (Lipinski definition) is 3. The Labute approximate surface area is 92.3 Å². The molecule has 0 spiro atoms. The number of hydrogen-bond donors (Lipinski definition) is 1. The Kier molecular flexibility index (Phi) is 4.24. The summed E-state index contributed by atoms with van der Waals surface area (Å²) in [5.41, 5.74) is 6.99. The van der Waals surface area contributed by atoms with E-state index in [2.05, 4.69) is 36.8 Å². The predicted molar refractivity (Wildman–Crippen MR) is 63.5 cm³/mol. The number of nitrogens with zero attached hydrogens (tertiary/aromatic N) is 2. The van der Waals surface area contributed by atoms with Gasteiger partial charge >= 0.3 is 0 Å². The molecule has 0 amide bonds. The zero-order valence-corrected chi connectivity index (χ0v) is 9.90. The monoisotopic (exact) mass is 207 g/mol. The average molecular weight is 207 g/mol. The molecule has 0 unspecified atom stereocenters. The van der Waals surface area contributed by atoms with Crippen LogP contribution in [0.2, 0.25) is 0 Å². The summed E-state index contributed by atoms with van der Waals surface area (Å²) in [6.45, 7) is 6.08. The molecule has 0 fully saturated rings. The van der Waals surface area contributed by atoms with Crippen LogP contribution in [0.5, 0.6) is 0 Å². The molecule has 0 radical (unpaired) electrons. The molecule has 0 aliphatic carbocycles. The standard InChI is InChI=1S/C12H21N3/c1-12(2,6-7-13)15(3)10-11-5-4-8-14-9-11/h4-5,8-9H,6-7,10,13H2,1-3H3. The van der Waals surface area contributed by atoms with Crippen molar-refractivity contribution < 1.29 is 0 Å². The van der Waals surface area contributed by atoms with Crippen molar-refractivity contribution in [2.45, 2.75) is 32.4 Å². The summed E-state index contributed by atoms with van der Waals surface area (Å²) in [4.78, 5) is 6.43. The maximum absolute atomic E-state index is 5.61. The maximum atomic E-state index is 5.61. The molecule has 0 aromatic carbocycles. The van der Waals surface area contributed by atoms with Crippen molar-refractivity contribution in [1.29, 1.82) is 0 Å². The Morgan fingerprint density at radius 2 is 2.20 bits per heavy atom. The molecule has 3 nitrogen and oxygen atoms in total. The fourth-order valence-electron chi connectivity index (χ4n) is 1.52. The average Bonchev–Trinajstić information content (AvgIpc) is 2.19. The normalized spacial score (nSPS) is 12.1. The van der Waals surface area contributed by atoms with Crippen molar-refractivity contribution in [3.05, 3.63) is 30.1 Å². The fourth-order valence-corrected chi connectivity index (χ4v) is 1.52. The Bertz CT molecular complexity index is 282. The summed E-state index contributed by atoms with van der Waals surface area (Å²) in [6, 6.07) is 4.07. The van der Waals surface area contributed by atoms with Crippen molar-refractivity contribution in [3.8, 4) is 0 Å². The number of aromatic nitrogens is 1. The molecular weight excluding hydrogens is 186 g/mol. The fraction of sp³-hybridized carbons (Fsp3) is 0.583. The van der Waals surface area contributed by atoms with Crippen LogP contribution in [0.1, 0.15) is 25.8 Å². The third-order valence-corrected chi connectivity index (χ3v) is 2.93. The van der Waals surface area contributed by atoms with Crippen LogP contribution in [0, 0.1) is 0 Å². The molecule has 2 N–H and O–H groups in total. The first-order valence-corrected chi connectivity index (χ1v) is 5.36. The molecule has 0 aliphatic rings. The van der Waals surface area contributed by atoms with Gasteiger partial charge in [0.2, 0.25) is 0 Å². The molecule has 0 saturated carbocycles. The van der Waals surface area contributed by atoms with Gasteiger partial charge in [-0.2, -0.15) is 0 Å². The molecule has 1 rings (SSSR count). The third-order valence-electron chi connectivity index (χ3n) is 2.93. The van der Waals surface area contributed by atoms with E-state index in [0.717, 1.165) is 19.5 Å². The minimum Gasteiger partial charge on any atom is -0.330 e. The van der Waals surface area contributed by atoms with E-state index in [1.54, 1.807) is 6.20 Å². The number of rotatable bonds is 5. The van der Waals surface area contributed by atoms with E-state index in [1.165, 1.54) is 5.56 Å². The second-order valence-electron chi connectivity index (χ2n) is 4.57. The minimum atomic E-state index is 0.143. The van der Waals surface area contributed by atoms with Crippen molar-refractivity contribution in [2.24, 2.45) is 5.73 Å². The minimum absolute atomic E-state index is 0.143. The van der Waals surface area contributed by atoms with Crippen LogP contribution < -0.4 is 5.73 Å². The second kappa shape index (κ2) is 5.24. The molecule has 1 aromatic rings. The van der Waals surface area contributed by atoms with Gasteiger partial charge in [-0.15, -0.1) is 0 Å². The Morgan fingerprint density at radius 1 is 1.47 bits per heavy atom. The highest BCUT2D eigenvalue weighted by molar-refractivity contribution is 5.08. The van der Waals surface area contributed by atoms with Gasteiger partial charge in [-0.25, -0.2) is 0 Å². The van der Waals surface area contributed by atoms with E-state index in [1.807, 2.05) is 12.3 Å². The summed E-state index contributed by atoms with van der Waals surface area (Å²) in [6.07, 6.45) is 4.72. The number of pyridine rings is 1. The van der Waals surface area contributed by atoms with Gasteiger partial charge in [-0.3, -0.25) is 9.88 Å². The molecular formula is C12H21N3. The van der Waals surface area contributed by atoms with Crippen molar-refractivity contribution in [1.82, 2.24) is 9.88 Å². The topological polar surface area (TPSA) is 42.2 Å². The zero-order valence-electron chi connectivity index (χ0n) is 9.90. The molecule has 3 heteroatoms. The highest BCUT2D eigenvalue weighted by Gasteiger charge is 2.22. The van der Waals surface area contributed by atoms with Crippen LogP contribution in [-0.2, 0) is 6.54 Å². The SMILES string of the molecule is CN(Cc1cccnc1)C(C)(C)CCN. The molecule has 84 valence electrons. The van der Waals surface area contributed by atoms with Crippen LogP contribution in [0.15, 0.2) is 24.5 Å². The van der Waals surface area contributed by atoms with Crippen LogP contribution in [0.25, 0.3) is 0 Å². The summed E-state index contributed by atoms with van der Waals surface area (Å²) < 4.78 is 0. The lowest BCUT2D eigenvalue weighted by molar-refractivity contribution is 0.140. The van der Waals surface area contributed by atoms with E-state index in [4.69, 9.17) is 5.73 Å². The van der Waals surface area contributed by atoms with Gasteiger partial charge in [-0.05, 0) is 45.5 Å². The van der Waals surface area contributed by atoms with Gasteiger partial charge in [0.05, 0.1) is 0 Å². The van der Waals surface area contributed by atoms with Gasteiger partial charge in [-0.1, -0.05) is 6.07 Å². The van der Waals surface area contributed by atoms with E-state index in [0.29, 0.717) is 0 Å². The van der Waals surface area contributed by atoms with Crippen molar-refractivity contribution in [2.75, 3.05) is 13.6 Å². The maximum Gasteiger partial charge on any atom is 0.0312 e. The molecule has 0 aliphatic heterocycles. The predicted octanol–water partition coefficient (Wildman–Crippen LogP) is 1.64. The van der Waals surface area contributed by atoms with E-state index < -0.39 is 0 Å². The summed E-state index contributed by atoms with van der Waals surface area (Å²) >= 11 is 0. The van der Waals surface area contributed by atoms with Crippen molar-refractivity contribution in [3.63, 3.8) is 0 Å². The summed E-state index contributed by atoms with van der Waals surface area (Å²) in [7, 11) is 2.13. The molecule has 0 bridgehead atoms. The molecule has 1 aromatic heterocycles. The molecule has 15 heavy (non-hydrogen) atoms. The Morgan fingerprint density at radius 3 is 2.73 bits per heavy atom. The highest BCUT2D eigenvalue weighted by atomic mass is 15.2. The molecule has 1 heterocycles. The first-order valence-electron chi connectivity index (χ1n) is 5.36. The summed E-state index contributed by atoms with van der Waals surface area (Å²) in [5, 5.41) is 0. The zero-order chi connectivity index (χ0) is 11.3. The summed E-state index contributed by atoms with van der Waals surface area (Å²) in [5.74, 6) is 0. The van der Waals surface area contributed by atoms with Gasteiger partial charge in [0.1, 0.15) is 0 Å². The smallest absolute Gasteiger partial charge is 0.0312 e. The van der Waals surface area contributed by atoms with Gasteiger partial charge < -0.3 is 5.73 Å². The van der Waals surface area contributed by atoms with Crippen LogP contribution in [-0.4, -0.2) is 29.0 Å². The first-order chi connectivity index (χ1) is 7.06. The first kappa shape index (κ1) is 12.1. The van der Waals surface area contributed by atoms with Crippen LogP contribution in [0.4, 0.5) is 0 Å². The number of nitrogens with two attached hydrogens (primary N) is 1. The Hall–Kier alpha value is -0.930. The van der Waals surface area contributed by atoms with E-state index in [-0.39, 0.29) is 5.54 Å². The molecule has 0 saturated heterocycles. The van der Waals surface area contributed by atoms with Gasteiger partial charge in [0.15, 0.2) is 0 Å². The van der Waals surface area contributed by atoms with Gasteiger partial charge in [0.25, 0.3) is 0 Å². The largest absolute Gasteiger partial charge is 0.330 e. The third kappa shape index (κ3) is 3.61. The van der Waals surface area contributed by atoms with Crippen LogP contribution >= 0.6 is 0 Å². The second-order valence-corrected chi connectivity index (χ2v) is 4.57. The quantitative estimate of drug-likeness (QED) is 0.798. The highest BCUT2D eigenvalue weighted by Crippen LogP contribution is 2.18. The van der Waals surface area contributed by atoms with Gasteiger partial charge in [0, 0.05) is 24.5 Å². The lowest BCUT2D eigenvalue weighted by Crippen LogP contribution is -2.42. The molecule has 0 atom stereocenters. The lowest BCUT2D eigenvalue weighted by atomic mass is 9.98. The van der Waals surface area contributed by atoms with Crippen molar-refractivity contribution >= 4 is 0 Å². The van der Waals surface area contributed by atoms with Crippen LogP contribution in [0.3, 0.4) is 0 Å². The lowest BCUT2D eigenvalue weighted by Gasteiger charge is -2.35. The van der Waals surface area contributed by atoms with E-state index in [9.17, 15) is 0 Å². The van der Waals surface area contributed by atoms with E-state index >= 15 is 0 Å². The Balaban J connectivity index is 2.59.